The summed E-state index contributed by atoms with van der Waals surface area (Å²) < 4.78 is 59.2. The molecule has 0 bridgehead atoms. The Balaban J connectivity index is 3.64. The molecule has 0 aliphatic heterocycles. The maximum absolute atomic E-state index is 13.0. The second-order valence-electron chi connectivity index (χ2n) is 2.79. The molecule has 0 spiro atoms. The predicted molar refractivity (Wildman–Crippen MR) is 47.2 cm³/mol. The number of hydrogen-bond donors (Lipinski definition) is 1. The van der Waals surface area contributed by atoms with E-state index in [2.05, 4.69) is 10.1 Å². The first-order valence-corrected chi connectivity index (χ1v) is 5.35. The Hall–Kier alpha value is -1.75. The standard InChI is InChI=1S/C6H4F3N3O4S/c7-5(8)4-2(12(13)14)1-3(11-6(4)9)17(10,15)16/h1,5H,(H2,10,15,16). The number of nitro groups is 1. The molecule has 0 aliphatic rings. The average molecular weight is 271 g/mol. The maximum atomic E-state index is 13.0. The van der Waals surface area contributed by atoms with Gasteiger partial charge in [-0.05, 0) is 0 Å². The van der Waals surface area contributed by atoms with Gasteiger partial charge in [-0.25, -0.2) is 27.3 Å². The maximum Gasteiger partial charge on any atom is 0.285 e. The van der Waals surface area contributed by atoms with Crippen molar-refractivity contribution in [1.29, 1.82) is 0 Å². The lowest BCUT2D eigenvalue weighted by atomic mass is 10.2. The van der Waals surface area contributed by atoms with Gasteiger partial charge >= 0.3 is 0 Å². The molecule has 94 valence electrons. The van der Waals surface area contributed by atoms with Crippen LogP contribution < -0.4 is 5.14 Å². The Morgan fingerprint density at radius 3 is 2.35 bits per heavy atom. The molecule has 0 amide bonds. The van der Waals surface area contributed by atoms with Crippen LogP contribution in [0.4, 0.5) is 18.9 Å². The number of sulfonamides is 1. The molecule has 1 aromatic rings. The van der Waals surface area contributed by atoms with E-state index in [4.69, 9.17) is 0 Å². The molecule has 0 fully saturated rings. The largest absolute Gasteiger partial charge is 0.285 e. The molecule has 17 heavy (non-hydrogen) atoms. The van der Waals surface area contributed by atoms with E-state index in [1.807, 2.05) is 0 Å². The fourth-order valence-corrected chi connectivity index (χ4v) is 1.47. The summed E-state index contributed by atoms with van der Waals surface area (Å²) in [6.45, 7) is 0. The zero-order valence-electron chi connectivity index (χ0n) is 7.80. The van der Waals surface area contributed by atoms with Crippen LogP contribution in [0.2, 0.25) is 0 Å². The lowest BCUT2D eigenvalue weighted by Gasteiger charge is -2.04. The molecule has 2 N–H and O–H groups in total. The van der Waals surface area contributed by atoms with Crippen LogP contribution in [0.25, 0.3) is 0 Å². The molecule has 1 heterocycles. The summed E-state index contributed by atoms with van der Waals surface area (Å²) in [5.74, 6) is -1.95. The van der Waals surface area contributed by atoms with Crippen molar-refractivity contribution in [2.24, 2.45) is 5.14 Å². The molecule has 7 nitrogen and oxygen atoms in total. The smallest absolute Gasteiger partial charge is 0.258 e. The normalized spacial score (nSPS) is 11.8. The lowest BCUT2D eigenvalue weighted by Crippen LogP contribution is -2.16. The Morgan fingerprint density at radius 1 is 1.47 bits per heavy atom. The first-order valence-electron chi connectivity index (χ1n) is 3.80. The van der Waals surface area contributed by atoms with Crippen molar-refractivity contribution in [3.63, 3.8) is 0 Å². The summed E-state index contributed by atoms with van der Waals surface area (Å²) in [7, 11) is -4.52. The second kappa shape index (κ2) is 4.25. The van der Waals surface area contributed by atoms with Crippen LogP contribution in [0.3, 0.4) is 0 Å². The summed E-state index contributed by atoms with van der Waals surface area (Å²) in [6, 6.07) is 0.180. The minimum Gasteiger partial charge on any atom is -0.258 e. The Bertz CT molecular complexity index is 574. The van der Waals surface area contributed by atoms with Crippen molar-refractivity contribution in [1.82, 2.24) is 4.98 Å². The Morgan fingerprint density at radius 2 is 2.00 bits per heavy atom. The number of rotatable bonds is 3. The molecule has 0 aromatic carbocycles. The summed E-state index contributed by atoms with van der Waals surface area (Å²) in [5.41, 5.74) is -2.97. The van der Waals surface area contributed by atoms with Gasteiger partial charge in [0.1, 0.15) is 0 Å². The number of alkyl halides is 2. The third-order valence-corrected chi connectivity index (χ3v) is 2.47. The minimum atomic E-state index is -4.52. The summed E-state index contributed by atoms with van der Waals surface area (Å²) >= 11 is 0. The van der Waals surface area contributed by atoms with Crippen molar-refractivity contribution in [2.75, 3.05) is 0 Å². The quantitative estimate of drug-likeness (QED) is 0.493. The van der Waals surface area contributed by atoms with Crippen LogP contribution in [-0.2, 0) is 10.0 Å². The third kappa shape index (κ3) is 2.68. The zero-order valence-corrected chi connectivity index (χ0v) is 8.62. The molecule has 0 saturated carbocycles. The van der Waals surface area contributed by atoms with Gasteiger partial charge in [0.2, 0.25) is 5.95 Å². The van der Waals surface area contributed by atoms with E-state index < -0.39 is 43.6 Å². The van der Waals surface area contributed by atoms with Crippen molar-refractivity contribution in [2.45, 2.75) is 11.5 Å². The molecule has 1 rings (SSSR count). The van der Waals surface area contributed by atoms with E-state index in [-0.39, 0.29) is 6.07 Å². The minimum absolute atomic E-state index is 0.180. The van der Waals surface area contributed by atoms with E-state index in [1.54, 1.807) is 0 Å². The van der Waals surface area contributed by atoms with Gasteiger partial charge in [-0.15, -0.1) is 0 Å². The first kappa shape index (κ1) is 13.3. The average Bonchev–Trinajstić information content (AvgIpc) is 2.13. The molecule has 11 heteroatoms. The summed E-state index contributed by atoms with van der Waals surface area (Å²) in [5, 5.41) is 13.8. The number of primary sulfonamides is 1. The SMILES string of the molecule is NS(=O)(=O)c1cc([N+](=O)[O-])c(C(F)F)c(F)n1. The summed E-state index contributed by atoms with van der Waals surface area (Å²) in [4.78, 5) is 11.7. The van der Waals surface area contributed by atoms with Gasteiger partial charge in [0.25, 0.3) is 22.1 Å². The molecule has 0 radical (unpaired) electrons. The van der Waals surface area contributed by atoms with Crippen molar-refractivity contribution in [3.8, 4) is 0 Å². The highest BCUT2D eigenvalue weighted by atomic mass is 32.2. The van der Waals surface area contributed by atoms with Gasteiger partial charge in [-0.3, -0.25) is 10.1 Å². The Kier molecular flexibility index (Phi) is 3.33. The number of hydrogen-bond acceptors (Lipinski definition) is 5. The van der Waals surface area contributed by atoms with Crippen LogP contribution in [-0.4, -0.2) is 18.3 Å². The fourth-order valence-electron chi connectivity index (χ4n) is 0.988. The van der Waals surface area contributed by atoms with E-state index >= 15 is 0 Å². The van der Waals surface area contributed by atoms with Gasteiger partial charge in [0.05, 0.1) is 11.0 Å². The van der Waals surface area contributed by atoms with Crippen LogP contribution in [0.15, 0.2) is 11.1 Å². The summed E-state index contributed by atoms with van der Waals surface area (Å²) in [6.07, 6.45) is -3.50. The number of nitrogens with zero attached hydrogens (tertiary/aromatic N) is 2. The second-order valence-corrected chi connectivity index (χ2v) is 4.30. The number of aromatic nitrogens is 1. The van der Waals surface area contributed by atoms with E-state index in [0.717, 1.165) is 0 Å². The van der Waals surface area contributed by atoms with Crippen LogP contribution in [0.1, 0.15) is 12.0 Å². The highest BCUT2D eigenvalue weighted by molar-refractivity contribution is 7.89. The van der Waals surface area contributed by atoms with Gasteiger partial charge in [-0.2, -0.15) is 4.39 Å². The van der Waals surface area contributed by atoms with Gasteiger partial charge in [0.15, 0.2) is 10.6 Å². The molecule has 0 unspecified atom stereocenters. The fraction of sp³-hybridized carbons (Fsp3) is 0.167. The van der Waals surface area contributed by atoms with Gasteiger partial charge < -0.3 is 0 Å². The van der Waals surface area contributed by atoms with Gasteiger partial charge in [-0.1, -0.05) is 0 Å². The molecule has 1 aromatic heterocycles. The van der Waals surface area contributed by atoms with Crippen molar-refractivity contribution in [3.05, 3.63) is 27.7 Å². The highest BCUT2D eigenvalue weighted by Gasteiger charge is 2.30. The monoisotopic (exact) mass is 271 g/mol. The highest BCUT2D eigenvalue weighted by Crippen LogP contribution is 2.31. The van der Waals surface area contributed by atoms with Gasteiger partial charge in [0, 0.05) is 0 Å². The number of pyridine rings is 1. The number of nitrogens with two attached hydrogens (primary N) is 1. The van der Waals surface area contributed by atoms with E-state index in [1.165, 1.54) is 0 Å². The molecule has 0 aliphatic carbocycles. The van der Waals surface area contributed by atoms with Crippen molar-refractivity contribution < 1.29 is 26.5 Å². The van der Waals surface area contributed by atoms with Crippen LogP contribution in [0.5, 0.6) is 0 Å². The number of halogens is 3. The third-order valence-electron chi connectivity index (χ3n) is 1.67. The van der Waals surface area contributed by atoms with E-state index in [0.29, 0.717) is 0 Å². The van der Waals surface area contributed by atoms with Crippen LogP contribution >= 0.6 is 0 Å². The predicted octanol–water partition coefficient (Wildman–Crippen LogP) is 0.714. The Labute approximate surface area is 92.3 Å². The molecular weight excluding hydrogens is 267 g/mol. The molecule has 0 atom stereocenters. The lowest BCUT2D eigenvalue weighted by molar-refractivity contribution is -0.386. The topological polar surface area (TPSA) is 116 Å². The molecular formula is C6H4F3N3O4S. The first-order chi connectivity index (χ1) is 7.64. The van der Waals surface area contributed by atoms with E-state index in [9.17, 15) is 31.7 Å². The van der Waals surface area contributed by atoms with Crippen LogP contribution in [0, 0.1) is 16.1 Å². The molecule has 0 saturated heterocycles. The zero-order chi connectivity index (χ0) is 13.4. The van der Waals surface area contributed by atoms with Crippen molar-refractivity contribution >= 4 is 15.7 Å².